The number of anilines is 1. The number of hydrogen-bond donors (Lipinski definition) is 0. The maximum atomic E-state index is 13.0. The molecule has 7 rings (SSSR count). The number of esters is 1. The minimum Gasteiger partial charge on any atom is -0.426 e. The summed E-state index contributed by atoms with van der Waals surface area (Å²) in [4.78, 5) is 13.0. The van der Waals surface area contributed by atoms with Crippen LogP contribution in [-0.2, 0) is 4.79 Å². The number of hydrogen-bond acceptors (Lipinski definition) is 4. The molecule has 0 saturated carbocycles. The highest BCUT2D eigenvalue weighted by molar-refractivity contribution is 6.09. The number of hydrazone groups is 1. The molecule has 4 aromatic carbocycles. The van der Waals surface area contributed by atoms with Crippen molar-refractivity contribution < 1.29 is 9.53 Å². The van der Waals surface area contributed by atoms with E-state index in [1.807, 2.05) is 54.4 Å². The normalized spacial score (nSPS) is 19.1. The van der Waals surface area contributed by atoms with Gasteiger partial charge in [0.15, 0.2) is 0 Å². The highest BCUT2D eigenvalue weighted by Crippen LogP contribution is 2.47. The third-order valence-electron chi connectivity index (χ3n) is 6.93. The van der Waals surface area contributed by atoms with E-state index >= 15 is 0 Å². The zero-order chi connectivity index (χ0) is 22.8. The standard InChI is InChI=1S/C29H21N3O2/c1-18-27-28(32(30-18)19-9-3-2-4-10-19)23-17-20(15-16-26(23)34-29(27)33)31-24-13-7-5-11-21(24)22-12-6-8-14-25(22)31/h2-17,27-28H,1H3. The Kier molecular flexibility index (Phi) is 3.97. The van der Waals surface area contributed by atoms with Crippen LogP contribution in [0, 0.1) is 5.92 Å². The molecule has 0 aliphatic carbocycles. The second kappa shape index (κ2) is 7.06. The molecular formula is C29H21N3O2. The molecule has 3 heterocycles. The SMILES string of the molecule is CC1=NN(c2ccccc2)C2c3cc(-n4c5ccccc5c5ccccc54)ccc3OC(=O)C12. The fraction of sp³-hybridized carbons (Fsp3) is 0.103. The fourth-order valence-corrected chi connectivity index (χ4v) is 5.45. The zero-order valence-corrected chi connectivity index (χ0v) is 18.6. The van der Waals surface area contributed by atoms with Crippen LogP contribution in [0.1, 0.15) is 18.5 Å². The number of nitrogens with zero attached hydrogens (tertiary/aromatic N) is 3. The maximum Gasteiger partial charge on any atom is 0.322 e. The van der Waals surface area contributed by atoms with Crippen LogP contribution in [0.5, 0.6) is 5.75 Å². The van der Waals surface area contributed by atoms with Crippen molar-refractivity contribution in [3.05, 3.63) is 103 Å². The summed E-state index contributed by atoms with van der Waals surface area (Å²) in [6.07, 6.45) is 0. The molecule has 5 nitrogen and oxygen atoms in total. The average molecular weight is 444 g/mol. The lowest BCUT2D eigenvalue weighted by atomic mass is 9.87. The number of aromatic nitrogens is 1. The van der Waals surface area contributed by atoms with Crippen LogP contribution in [0.15, 0.2) is 102 Å². The minimum atomic E-state index is -0.430. The average Bonchev–Trinajstić information content (AvgIpc) is 3.40. The summed E-state index contributed by atoms with van der Waals surface area (Å²) >= 11 is 0. The van der Waals surface area contributed by atoms with E-state index in [0.29, 0.717) is 5.75 Å². The van der Waals surface area contributed by atoms with Crippen molar-refractivity contribution in [1.82, 2.24) is 4.57 Å². The lowest BCUT2D eigenvalue weighted by Gasteiger charge is -2.32. The van der Waals surface area contributed by atoms with Crippen molar-refractivity contribution in [3.8, 4) is 11.4 Å². The van der Waals surface area contributed by atoms with Crippen LogP contribution >= 0.6 is 0 Å². The second-order valence-corrected chi connectivity index (χ2v) is 8.86. The van der Waals surface area contributed by atoms with E-state index in [1.165, 1.54) is 10.8 Å². The van der Waals surface area contributed by atoms with E-state index in [-0.39, 0.29) is 12.0 Å². The number of carbonyl (C=O) groups excluding carboxylic acids is 1. The third-order valence-corrected chi connectivity index (χ3v) is 6.93. The van der Waals surface area contributed by atoms with Gasteiger partial charge < -0.3 is 9.30 Å². The predicted molar refractivity (Wildman–Crippen MR) is 135 cm³/mol. The molecule has 2 aliphatic heterocycles. The summed E-state index contributed by atoms with van der Waals surface area (Å²) < 4.78 is 8.08. The van der Waals surface area contributed by atoms with Gasteiger partial charge in [-0.2, -0.15) is 5.10 Å². The van der Waals surface area contributed by atoms with Gasteiger partial charge in [0.1, 0.15) is 11.7 Å². The summed E-state index contributed by atoms with van der Waals surface area (Å²) in [6, 6.07) is 32.8. The van der Waals surface area contributed by atoms with Crippen LogP contribution in [0.25, 0.3) is 27.5 Å². The first-order valence-corrected chi connectivity index (χ1v) is 11.4. The Morgan fingerprint density at radius 2 is 1.41 bits per heavy atom. The molecule has 0 saturated heterocycles. The van der Waals surface area contributed by atoms with Crippen molar-refractivity contribution in [2.24, 2.45) is 11.0 Å². The Bertz CT molecular complexity index is 1580. The van der Waals surface area contributed by atoms with Gasteiger partial charge in [-0.25, -0.2) is 0 Å². The first-order chi connectivity index (χ1) is 16.7. The van der Waals surface area contributed by atoms with Crippen molar-refractivity contribution in [3.63, 3.8) is 0 Å². The van der Waals surface area contributed by atoms with Crippen LogP contribution in [0.4, 0.5) is 5.69 Å². The van der Waals surface area contributed by atoms with Gasteiger partial charge in [0.25, 0.3) is 0 Å². The van der Waals surface area contributed by atoms with Crippen molar-refractivity contribution in [2.45, 2.75) is 13.0 Å². The minimum absolute atomic E-state index is 0.244. The quantitative estimate of drug-likeness (QED) is 0.239. The number of ether oxygens (including phenoxy) is 1. The second-order valence-electron chi connectivity index (χ2n) is 8.86. The van der Waals surface area contributed by atoms with E-state index in [1.54, 1.807) is 0 Å². The van der Waals surface area contributed by atoms with Crippen LogP contribution < -0.4 is 9.75 Å². The van der Waals surface area contributed by atoms with Gasteiger partial charge in [0.05, 0.1) is 28.5 Å². The Morgan fingerprint density at radius 1 is 0.765 bits per heavy atom. The maximum absolute atomic E-state index is 13.0. The summed E-state index contributed by atoms with van der Waals surface area (Å²) in [5, 5.41) is 9.18. The van der Waals surface area contributed by atoms with Gasteiger partial charge in [0.2, 0.25) is 0 Å². The number of rotatable bonds is 2. The zero-order valence-electron chi connectivity index (χ0n) is 18.6. The molecule has 0 bridgehead atoms. The molecule has 2 unspecified atom stereocenters. The molecule has 2 atom stereocenters. The highest BCUT2D eigenvalue weighted by Gasteiger charge is 2.47. The Balaban J connectivity index is 1.46. The molecule has 5 aromatic rings. The molecule has 0 N–H and O–H groups in total. The van der Waals surface area contributed by atoms with Crippen LogP contribution in [-0.4, -0.2) is 16.2 Å². The Morgan fingerprint density at radius 3 is 2.12 bits per heavy atom. The van der Waals surface area contributed by atoms with E-state index in [9.17, 15) is 4.79 Å². The van der Waals surface area contributed by atoms with E-state index < -0.39 is 5.92 Å². The first kappa shape index (κ1) is 19.1. The van der Waals surface area contributed by atoms with Crippen LogP contribution in [0.3, 0.4) is 0 Å². The summed E-state index contributed by atoms with van der Waals surface area (Å²) in [5.74, 6) is -0.0792. The van der Waals surface area contributed by atoms with Crippen molar-refractivity contribution >= 4 is 39.2 Å². The van der Waals surface area contributed by atoms with Crippen molar-refractivity contribution in [2.75, 3.05) is 5.01 Å². The number of carbonyl (C=O) groups is 1. The molecule has 5 heteroatoms. The van der Waals surface area contributed by atoms with Crippen molar-refractivity contribution in [1.29, 1.82) is 0 Å². The predicted octanol–water partition coefficient (Wildman–Crippen LogP) is 6.26. The number of benzene rings is 4. The molecule has 0 fully saturated rings. The fourth-order valence-electron chi connectivity index (χ4n) is 5.45. The van der Waals surface area contributed by atoms with E-state index in [0.717, 1.165) is 33.7 Å². The number of para-hydroxylation sites is 3. The molecule has 0 spiro atoms. The van der Waals surface area contributed by atoms with E-state index in [4.69, 9.17) is 9.84 Å². The van der Waals surface area contributed by atoms with Crippen LogP contribution in [0.2, 0.25) is 0 Å². The van der Waals surface area contributed by atoms with Gasteiger partial charge in [-0.1, -0.05) is 54.6 Å². The summed E-state index contributed by atoms with van der Waals surface area (Å²) in [7, 11) is 0. The smallest absolute Gasteiger partial charge is 0.322 e. The molecule has 0 amide bonds. The van der Waals surface area contributed by atoms with E-state index in [2.05, 4.69) is 59.2 Å². The summed E-state index contributed by atoms with van der Waals surface area (Å²) in [6.45, 7) is 1.91. The first-order valence-electron chi connectivity index (χ1n) is 11.4. The molecule has 164 valence electrons. The monoisotopic (exact) mass is 443 g/mol. The lowest BCUT2D eigenvalue weighted by Crippen LogP contribution is -2.37. The Labute approximate surface area is 196 Å². The molecule has 34 heavy (non-hydrogen) atoms. The van der Waals surface area contributed by atoms with Gasteiger partial charge in [0, 0.05) is 22.0 Å². The lowest BCUT2D eigenvalue weighted by molar-refractivity contribution is -0.138. The molecule has 0 radical (unpaired) electrons. The third kappa shape index (κ3) is 2.61. The van der Waals surface area contributed by atoms with Gasteiger partial charge in [-0.05, 0) is 49.4 Å². The summed E-state index contributed by atoms with van der Waals surface area (Å²) in [5.41, 5.74) is 6.02. The highest BCUT2D eigenvalue weighted by atomic mass is 16.5. The number of fused-ring (bicyclic) bond motifs is 6. The van der Waals surface area contributed by atoms with Gasteiger partial charge in [-0.15, -0.1) is 0 Å². The van der Waals surface area contributed by atoms with Gasteiger partial charge >= 0.3 is 5.97 Å². The largest absolute Gasteiger partial charge is 0.426 e. The Hall–Kier alpha value is -4.38. The topological polar surface area (TPSA) is 46.8 Å². The molecular weight excluding hydrogens is 422 g/mol. The van der Waals surface area contributed by atoms with Gasteiger partial charge in [-0.3, -0.25) is 9.80 Å². The molecule has 1 aromatic heterocycles. The molecule has 2 aliphatic rings.